The first kappa shape index (κ1) is 26.8. The summed E-state index contributed by atoms with van der Waals surface area (Å²) in [7, 11) is 0. The first-order valence-corrected chi connectivity index (χ1v) is 10.3. The summed E-state index contributed by atoms with van der Waals surface area (Å²) in [6, 6.07) is -3.13. The summed E-state index contributed by atoms with van der Waals surface area (Å²) < 4.78 is 0. The number of hydrogen-bond acceptors (Lipinski definition) is 7. The summed E-state index contributed by atoms with van der Waals surface area (Å²) in [5.41, 5.74) is 5.19. The lowest BCUT2D eigenvalue weighted by atomic mass is 10.0. The van der Waals surface area contributed by atoms with Crippen LogP contribution in [0.15, 0.2) is 0 Å². The van der Waals surface area contributed by atoms with Gasteiger partial charge in [-0.05, 0) is 25.2 Å². The summed E-state index contributed by atoms with van der Waals surface area (Å²) in [6.07, 6.45) is 0.290. The number of nitrogens with zero attached hydrogens (tertiary/aromatic N) is 1. The Morgan fingerprint density at radius 1 is 1.06 bits per heavy atom. The molecule has 1 aliphatic rings. The van der Waals surface area contributed by atoms with Crippen LogP contribution in [0.1, 0.15) is 39.5 Å². The Kier molecular flexibility index (Phi) is 10.5. The van der Waals surface area contributed by atoms with Gasteiger partial charge in [0.05, 0.1) is 13.1 Å². The van der Waals surface area contributed by atoms with Gasteiger partial charge in [0.1, 0.15) is 18.1 Å². The number of amides is 4. The van der Waals surface area contributed by atoms with E-state index in [9.17, 15) is 33.9 Å². The van der Waals surface area contributed by atoms with Gasteiger partial charge in [0.2, 0.25) is 23.6 Å². The SMILES string of the molecule is CC(C)[C@H](NC(=O)CNC(=O)[C@H](CCC(=O)O)NC(=O)CN)C(=O)N1CCC[C@H]1C(=O)O. The van der Waals surface area contributed by atoms with Gasteiger partial charge in [-0.25, -0.2) is 4.79 Å². The Morgan fingerprint density at radius 3 is 2.25 bits per heavy atom. The first-order valence-electron chi connectivity index (χ1n) is 10.3. The number of rotatable bonds is 12. The van der Waals surface area contributed by atoms with Crippen molar-refractivity contribution in [3.05, 3.63) is 0 Å². The zero-order chi connectivity index (χ0) is 24.4. The second-order valence-corrected chi connectivity index (χ2v) is 7.79. The Balaban J connectivity index is 2.72. The van der Waals surface area contributed by atoms with Gasteiger partial charge in [-0.2, -0.15) is 0 Å². The van der Waals surface area contributed by atoms with Gasteiger partial charge in [0.15, 0.2) is 0 Å². The van der Waals surface area contributed by atoms with Gasteiger partial charge >= 0.3 is 11.9 Å². The highest BCUT2D eigenvalue weighted by Crippen LogP contribution is 2.20. The van der Waals surface area contributed by atoms with Crippen LogP contribution >= 0.6 is 0 Å². The van der Waals surface area contributed by atoms with Crippen molar-refractivity contribution in [2.24, 2.45) is 11.7 Å². The van der Waals surface area contributed by atoms with Crippen molar-refractivity contribution in [1.82, 2.24) is 20.9 Å². The number of carbonyl (C=O) groups is 6. The highest BCUT2D eigenvalue weighted by molar-refractivity contribution is 5.94. The van der Waals surface area contributed by atoms with E-state index >= 15 is 0 Å². The third-order valence-electron chi connectivity index (χ3n) is 4.98. The molecule has 0 aromatic rings. The molecular weight excluding hydrogens is 426 g/mol. The van der Waals surface area contributed by atoms with E-state index in [0.29, 0.717) is 12.8 Å². The maximum atomic E-state index is 12.8. The summed E-state index contributed by atoms with van der Waals surface area (Å²) >= 11 is 0. The number of carboxylic acids is 2. The van der Waals surface area contributed by atoms with Crippen molar-refractivity contribution in [2.75, 3.05) is 19.6 Å². The molecule has 0 unspecified atom stereocenters. The summed E-state index contributed by atoms with van der Waals surface area (Å²) in [5.74, 6) is -5.27. The molecule has 7 N–H and O–H groups in total. The highest BCUT2D eigenvalue weighted by Gasteiger charge is 2.38. The Bertz CT molecular complexity index is 741. The summed E-state index contributed by atoms with van der Waals surface area (Å²) in [5, 5.41) is 25.2. The second-order valence-electron chi connectivity index (χ2n) is 7.79. The summed E-state index contributed by atoms with van der Waals surface area (Å²) in [4.78, 5) is 72.3. The predicted molar refractivity (Wildman–Crippen MR) is 110 cm³/mol. The fourth-order valence-corrected chi connectivity index (χ4v) is 3.28. The van der Waals surface area contributed by atoms with Crippen LogP contribution in [0.4, 0.5) is 0 Å². The molecular formula is C19H31N5O8. The van der Waals surface area contributed by atoms with Crippen LogP contribution in [-0.2, 0) is 28.8 Å². The fourth-order valence-electron chi connectivity index (χ4n) is 3.28. The number of likely N-dealkylation sites (tertiary alicyclic amines) is 1. The number of aliphatic carboxylic acids is 2. The largest absolute Gasteiger partial charge is 0.481 e. The zero-order valence-electron chi connectivity index (χ0n) is 18.1. The van der Waals surface area contributed by atoms with Crippen LogP contribution in [0, 0.1) is 5.92 Å². The molecule has 0 bridgehead atoms. The molecule has 0 aliphatic carbocycles. The normalized spacial score (nSPS) is 17.4. The monoisotopic (exact) mass is 457 g/mol. The van der Waals surface area contributed by atoms with E-state index in [-0.39, 0.29) is 25.3 Å². The molecule has 1 saturated heterocycles. The molecule has 3 atom stereocenters. The molecule has 1 fully saturated rings. The van der Waals surface area contributed by atoms with Crippen LogP contribution in [0.25, 0.3) is 0 Å². The standard InChI is InChI=1S/C19H31N5O8/c1-10(2)16(18(30)24-7-3-4-12(24)19(31)32)23-14(26)9-21-17(29)11(5-6-15(27)28)22-13(25)8-20/h10-12,16H,3-9,20H2,1-2H3,(H,21,29)(H,22,25)(H,23,26)(H,27,28)(H,31,32)/t11-,12-,16-/m0/s1. The number of hydrogen-bond donors (Lipinski definition) is 6. The Labute approximate surface area is 185 Å². The van der Waals surface area contributed by atoms with Crippen molar-refractivity contribution in [3.63, 3.8) is 0 Å². The minimum absolute atomic E-state index is 0.201. The quantitative estimate of drug-likeness (QED) is 0.185. The van der Waals surface area contributed by atoms with Crippen LogP contribution < -0.4 is 21.7 Å². The maximum absolute atomic E-state index is 12.8. The van der Waals surface area contributed by atoms with E-state index < -0.39 is 66.8 Å². The van der Waals surface area contributed by atoms with Crippen LogP contribution in [0.5, 0.6) is 0 Å². The van der Waals surface area contributed by atoms with Gasteiger partial charge in [-0.15, -0.1) is 0 Å². The minimum Gasteiger partial charge on any atom is -0.481 e. The molecule has 0 aromatic carbocycles. The lowest BCUT2D eigenvalue weighted by Gasteiger charge is -2.29. The number of carboxylic acid groups (broad SMARTS) is 2. The minimum atomic E-state index is -1.20. The molecule has 4 amide bonds. The zero-order valence-corrected chi connectivity index (χ0v) is 18.1. The van der Waals surface area contributed by atoms with Crippen LogP contribution in [0.2, 0.25) is 0 Å². The van der Waals surface area contributed by atoms with Gasteiger partial charge in [0, 0.05) is 13.0 Å². The van der Waals surface area contributed by atoms with E-state index in [4.69, 9.17) is 10.8 Å². The Hall–Kier alpha value is -3.22. The van der Waals surface area contributed by atoms with Gasteiger partial charge in [-0.3, -0.25) is 24.0 Å². The number of nitrogens with two attached hydrogens (primary N) is 1. The van der Waals surface area contributed by atoms with Crippen molar-refractivity contribution in [1.29, 1.82) is 0 Å². The molecule has 1 aliphatic heterocycles. The fraction of sp³-hybridized carbons (Fsp3) is 0.684. The Morgan fingerprint density at radius 2 is 1.72 bits per heavy atom. The average Bonchev–Trinajstić information content (AvgIpc) is 3.22. The average molecular weight is 457 g/mol. The molecule has 32 heavy (non-hydrogen) atoms. The summed E-state index contributed by atoms with van der Waals surface area (Å²) in [6.45, 7) is 2.73. The topological polar surface area (TPSA) is 208 Å². The lowest BCUT2D eigenvalue weighted by molar-refractivity contribution is -0.150. The van der Waals surface area contributed by atoms with E-state index in [2.05, 4.69) is 16.0 Å². The third-order valence-corrected chi connectivity index (χ3v) is 4.98. The van der Waals surface area contributed by atoms with Crippen LogP contribution in [0.3, 0.4) is 0 Å². The molecule has 1 heterocycles. The molecule has 1 rings (SSSR count). The van der Waals surface area contributed by atoms with Crippen LogP contribution in [-0.4, -0.2) is 88.4 Å². The molecule has 180 valence electrons. The van der Waals surface area contributed by atoms with E-state index in [0.717, 1.165) is 0 Å². The molecule has 0 aromatic heterocycles. The molecule has 13 nitrogen and oxygen atoms in total. The molecule has 13 heteroatoms. The third kappa shape index (κ3) is 8.13. The first-order chi connectivity index (χ1) is 15.0. The smallest absolute Gasteiger partial charge is 0.326 e. The van der Waals surface area contributed by atoms with Crippen molar-refractivity contribution in [3.8, 4) is 0 Å². The number of nitrogens with one attached hydrogen (secondary N) is 3. The van der Waals surface area contributed by atoms with Gasteiger partial charge in [0.25, 0.3) is 0 Å². The maximum Gasteiger partial charge on any atom is 0.326 e. The number of carbonyl (C=O) groups excluding carboxylic acids is 4. The molecule has 0 saturated carbocycles. The van der Waals surface area contributed by atoms with E-state index in [1.807, 2.05) is 0 Å². The van der Waals surface area contributed by atoms with E-state index in [1.54, 1.807) is 13.8 Å². The lowest BCUT2D eigenvalue weighted by Crippen LogP contribution is -2.56. The van der Waals surface area contributed by atoms with Crippen molar-refractivity contribution < 1.29 is 39.0 Å². The van der Waals surface area contributed by atoms with Crippen molar-refractivity contribution >= 4 is 35.6 Å². The highest BCUT2D eigenvalue weighted by atomic mass is 16.4. The molecule has 0 spiro atoms. The van der Waals surface area contributed by atoms with Gasteiger partial charge < -0.3 is 36.8 Å². The van der Waals surface area contributed by atoms with Crippen molar-refractivity contribution in [2.45, 2.75) is 57.7 Å². The second kappa shape index (κ2) is 12.6. The predicted octanol–water partition coefficient (Wildman–Crippen LogP) is -2.37. The molecule has 0 radical (unpaired) electrons. The van der Waals surface area contributed by atoms with Gasteiger partial charge in [-0.1, -0.05) is 13.8 Å². The van der Waals surface area contributed by atoms with E-state index in [1.165, 1.54) is 4.90 Å².